The highest BCUT2D eigenvalue weighted by Gasteiger charge is 2.39. The number of anilines is 1. The Labute approximate surface area is 208 Å². The first-order chi connectivity index (χ1) is 17.2. The van der Waals surface area contributed by atoms with Gasteiger partial charge in [-0.1, -0.05) is 66.7 Å². The van der Waals surface area contributed by atoms with Crippen LogP contribution in [0.2, 0.25) is 0 Å². The molecule has 0 aliphatic carbocycles. The Kier molecular flexibility index (Phi) is 6.41. The van der Waals surface area contributed by atoms with E-state index in [-0.39, 0.29) is 5.75 Å². The molecule has 5 rings (SSSR count). The van der Waals surface area contributed by atoms with Crippen molar-refractivity contribution in [1.82, 2.24) is 5.01 Å². The molecule has 0 bridgehead atoms. The van der Waals surface area contributed by atoms with Crippen molar-refractivity contribution in [2.75, 3.05) is 4.90 Å². The lowest BCUT2D eigenvalue weighted by molar-refractivity contribution is 0.474. The lowest BCUT2D eigenvalue weighted by Crippen LogP contribution is -2.31. The molecule has 35 heavy (non-hydrogen) atoms. The number of benzene rings is 4. The number of hydrazone groups is 1. The molecule has 1 saturated heterocycles. The van der Waals surface area contributed by atoms with E-state index in [0.29, 0.717) is 22.3 Å². The molecule has 0 radical (unpaired) electrons. The van der Waals surface area contributed by atoms with Crippen LogP contribution in [0.4, 0.5) is 17.1 Å². The Morgan fingerprint density at radius 1 is 0.629 bits per heavy atom. The topological polar surface area (TPSA) is 63.8 Å². The Morgan fingerprint density at radius 2 is 1.14 bits per heavy atom. The van der Waals surface area contributed by atoms with Crippen molar-refractivity contribution >= 4 is 52.3 Å². The zero-order chi connectivity index (χ0) is 24.0. The van der Waals surface area contributed by atoms with Gasteiger partial charge in [0.1, 0.15) is 5.75 Å². The van der Waals surface area contributed by atoms with Gasteiger partial charge in [0.25, 0.3) is 0 Å². The molecule has 4 aromatic rings. The summed E-state index contributed by atoms with van der Waals surface area (Å²) in [5.74, 6) is 1.15. The predicted molar refractivity (Wildman–Crippen MR) is 146 cm³/mol. The van der Waals surface area contributed by atoms with Crippen LogP contribution >= 0.6 is 12.2 Å². The summed E-state index contributed by atoms with van der Waals surface area (Å²) in [5.41, 5.74) is 2.91. The summed E-state index contributed by atoms with van der Waals surface area (Å²) >= 11 is 5.89. The van der Waals surface area contributed by atoms with E-state index in [1.165, 1.54) is 0 Å². The zero-order valence-corrected chi connectivity index (χ0v) is 19.5. The largest absolute Gasteiger partial charge is 0.507 e. The third-order valence-electron chi connectivity index (χ3n) is 5.23. The van der Waals surface area contributed by atoms with E-state index in [1.54, 1.807) is 29.4 Å². The number of phenolic OH excluding ortho intramolecular Hbond substituents is 1. The molecule has 0 saturated carbocycles. The van der Waals surface area contributed by atoms with Gasteiger partial charge in [-0.2, -0.15) is 10.1 Å². The second-order valence-corrected chi connectivity index (χ2v) is 7.98. The number of para-hydroxylation sites is 4. The molecule has 1 N–H and O–H groups in total. The maximum Gasteiger partial charge on any atom is 0.209 e. The third kappa shape index (κ3) is 4.85. The van der Waals surface area contributed by atoms with E-state index in [2.05, 4.69) is 5.10 Å². The summed E-state index contributed by atoms with van der Waals surface area (Å²) < 4.78 is 0. The van der Waals surface area contributed by atoms with Gasteiger partial charge in [0, 0.05) is 5.56 Å². The molecule has 1 heterocycles. The quantitative estimate of drug-likeness (QED) is 0.272. The van der Waals surface area contributed by atoms with Gasteiger partial charge in [0.15, 0.2) is 5.84 Å². The van der Waals surface area contributed by atoms with Crippen LogP contribution in [0, 0.1) is 0 Å². The van der Waals surface area contributed by atoms with Gasteiger partial charge < -0.3 is 5.11 Å². The maximum absolute atomic E-state index is 10.2. The van der Waals surface area contributed by atoms with Crippen LogP contribution in [0.3, 0.4) is 0 Å². The summed E-state index contributed by atoms with van der Waals surface area (Å²) in [6.07, 6.45) is 1.57. The van der Waals surface area contributed by atoms with Gasteiger partial charge in [-0.05, 0) is 60.7 Å². The third-order valence-corrected chi connectivity index (χ3v) is 5.59. The van der Waals surface area contributed by atoms with Crippen LogP contribution in [-0.2, 0) is 0 Å². The van der Waals surface area contributed by atoms with Crippen molar-refractivity contribution in [2.45, 2.75) is 0 Å². The molecule has 0 amide bonds. The molecule has 6 nitrogen and oxygen atoms in total. The molecular formula is C28H21N5OS. The monoisotopic (exact) mass is 475 g/mol. The van der Waals surface area contributed by atoms with Crippen LogP contribution in [-0.4, -0.2) is 33.1 Å². The average molecular weight is 476 g/mol. The number of thiocarbonyl (C=S) groups is 1. The number of phenols is 1. The molecule has 1 fully saturated rings. The fourth-order valence-corrected chi connectivity index (χ4v) is 3.87. The van der Waals surface area contributed by atoms with Crippen LogP contribution < -0.4 is 4.90 Å². The highest BCUT2D eigenvalue weighted by atomic mass is 32.1. The minimum atomic E-state index is 0.126. The molecule has 0 spiro atoms. The second-order valence-electron chi connectivity index (χ2n) is 7.61. The number of rotatable bonds is 5. The Balaban J connectivity index is 1.69. The maximum atomic E-state index is 10.2. The Hall–Kier alpha value is -4.62. The number of nitrogens with zero attached hydrogens (tertiary/aromatic N) is 5. The van der Waals surface area contributed by atoms with Crippen molar-refractivity contribution in [1.29, 1.82) is 0 Å². The Bertz CT molecular complexity index is 1420. The molecule has 1 aliphatic rings. The summed E-state index contributed by atoms with van der Waals surface area (Å²) in [4.78, 5) is 11.7. The first kappa shape index (κ1) is 22.2. The standard InChI is InChI=1S/C28H21N5OS/c34-25-19-11-10-12-21(25)20-29-33-27(31-23-15-6-2-7-16-23)26(30-22-13-4-1-5-14-22)32(28(33)35)24-17-8-3-9-18-24/h1-20,34H/b29-20+,30-26?,31-27?. The molecule has 0 aromatic heterocycles. The first-order valence-corrected chi connectivity index (χ1v) is 11.4. The van der Waals surface area contributed by atoms with Crippen LogP contribution in [0.1, 0.15) is 5.56 Å². The molecule has 0 unspecified atom stereocenters. The van der Waals surface area contributed by atoms with Gasteiger partial charge in [-0.25, -0.2) is 9.98 Å². The Morgan fingerprint density at radius 3 is 1.74 bits per heavy atom. The van der Waals surface area contributed by atoms with E-state index >= 15 is 0 Å². The lowest BCUT2D eigenvalue weighted by atomic mass is 10.2. The lowest BCUT2D eigenvalue weighted by Gasteiger charge is -2.17. The fraction of sp³-hybridized carbons (Fsp3) is 0. The number of hydrogen-bond acceptors (Lipinski definition) is 5. The fourth-order valence-electron chi connectivity index (χ4n) is 3.55. The highest BCUT2D eigenvalue weighted by molar-refractivity contribution is 7.80. The minimum Gasteiger partial charge on any atom is -0.507 e. The number of aromatic hydroxyl groups is 1. The number of amidine groups is 2. The second kappa shape index (κ2) is 10.1. The predicted octanol–water partition coefficient (Wildman–Crippen LogP) is 6.29. The zero-order valence-electron chi connectivity index (χ0n) is 18.6. The van der Waals surface area contributed by atoms with Gasteiger partial charge in [0.2, 0.25) is 10.9 Å². The van der Waals surface area contributed by atoms with E-state index < -0.39 is 0 Å². The van der Waals surface area contributed by atoms with Crippen molar-refractivity contribution in [3.05, 3.63) is 121 Å². The van der Waals surface area contributed by atoms with Crippen LogP contribution in [0.25, 0.3) is 0 Å². The highest BCUT2D eigenvalue weighted by Crippen LogP contribution is 2.28. The van der Waals surface area contributed by atoms with Gasteiger partial charge in [-0.15, -0.1) is 0 Å². The SMILES string of the molecule is Oc1ccccc1/C=N/N1C(=S)N(c2ccccc2)C(=Nc2ccccc2)C1=Nc1ccccc1. The summed E-state index contributed by atoms with van der Waals surface area (Å²) in [6.45, 7) is 0. The molecule has 7 heteroatoms. The van der Waals surface area contributed by atoms with E-state index in [9.17, 15) is 5.11 Å². The van der Waals surface area contributed by atoms with Crippen molar-refractivity contribution in [2.24, 2.45) is 15.1 Å². The van der Waals surface area contributed by atoms with Crippen molar-refractivity contribution in [3.63, 3.8) is 0 Å². The summed E-state index contributed by atoms with van der Waals surface area (Å²) in [7, 11) is 0. The molecule has 170 valence electrons. The van der Waals surface area contributed by atoms with Crippen LogP contribution in [0.5, 0.6) is 5.75 Å². The number of hydrogen-bond donors (Lipinski definition) is 1. The van der Waals surface area contributed by atoms with Gasteiger partial charge in [-0.3, -0.25) is 4.90 Å². The van der Waals surface area contributed by atoms with Crippen molar-refractivity contribution < 1.29 is 5.11 Å². The molecule has 0 atom stereocenters. The summed E-state index contributed by atoms with van der Waals surface area (Å²) in [5, 5.41) is 16.8. The van der Waals surface area contributed by atoms with Gasteiger partial charge >= 0.3 is 0 Å². The van der Waals surface area contributed by atoms with Gasteiger partial charge in [0.05, 0.1) is 23.3 Å². The van der Waals surface area contributed by atoms with E-state index in [0.717, 1.165) is 17.1 Å². The molecule has 1 aliphatic heterocycles. The molecular weight excluding hydrogens is 454 g/mol. The smallest absolute Gasteiger partial charge is 0.209 e. The minimum absolute atomic E-state index is 0.126. The summed E-state index contributed by atoms with van der Waals surface area (Å²) in [6, 6.07) is 36.0. The van der Waals surface area contributed by atoms with Crippen molar-refractivity contribution in [3.8, 4) is 5.75 Å². The molecule has 4 aromatic carbocycles. The average Bonchev–Trinajstić information content (AvgIpc) is 3.15. The van der Waals surface area contributed by atoms with Crippen LogP contribution in [0.15, 0.2) is 130 Å². The number of aliphatic imine (C=N–C) groups is 2. The van der Waals surface area contributed by atoms with E-state index in [1.807, 2.05) is 102 Å². The normalized spacial score (nSPS) is 16.1. The first-order valence-electron chi connectivity index (χ1n) is 11.0. The van der Waals surface area contributed by atoms with E-state index in [4.69, 9.17) is 22.2 Å².